The van der Waals surface area contributed by atoms with Gasteiger partial charge in [0.25, 0.3) is 0 Å². The Balaban J connectivity index is -0.000000994. The van der Waals surface area contributed by atoms with Crippen LogP contribution in [-0.4, -0.2) is 302 Å². The van der Waals surface area contributed by atoms with Gasteiger partial charge in [-0.3, -0.25) is 4.90 Å². The van der Waals surface area contributed by atoms with Crippen LogP contribution in [0.15, 0.2) is 0 Å². The van der Waals surface area contributed by atoms with Gasteiger partial charge < -0.3 is 109 Å². The van der Waals surface area contributed by atoms with Gasteiger partial charge in [0.15, 0.2) is 0 Å². The van der Waals surface area contributed by atoms with Crippen molar-refractivity contribution in [2.45, 2.75) is 615 Å². The van der Waals surface area contributed by atoms with Crippen LogP contribution in [0.4, 0.5) is 0 Å². The Morgan fingerprint density at radius 3 is 0.387 bits per heavy atom. The van der Waals surface area contributed by atoms with Gasteiger partial charge in [0, 0.05) is 16.6 Å². The molecular weight excluding hydrogens is 1740 g/mol. The molecule has 0 N–H and O–H groups in total. The fourth-order valence-corrected chi connectivity index (χ4v) is 14.3. The second kappa shape index (κ2) is 57.7. The fourth-order valence-electron chi connectivity index (χ4n) is 14.3. The summed E-state index contributed by atoms with van der Waals surface area (Å²) in [6.07, 6.45) is -3.59. The molecule has 0 aromatic heterocycles. The molecule has 0 aromatic carbocycles. The van der Waals surface area contributed by atoms with E-state index in [2.05, 4.69) is 233 Å². The predicted octanol–water partition coefficient (Wildman–Crippen LogP) is 26.1. The molecule has 0 saturated carbocycles. The Morgan fingerprint density at radius 1 is 0.139 bits per heavy atom. The first-order chi connectivity index (χ1) is 59.9. The van der Waals surface area contributed by atoms with Crippen molar-refractivity contribution in [1.29, 1.82) is 0 Å². The molecule has 0 bridgehead atoms. The number of ether oxygens (including phenoxy) is 23. The smallest absolute Gasteiger partial charge is 0.115 e. The van der Waals surface area contributed by atoms with Crippen LogP contribution in [0.2, 0.25) is 0 Å². The first-order valence-corrected chi connectivity index (χ1v) is 51.5. The second-order valence-corrected chi connectivity index (χ2v) is 58.4. The highest BCUT2D eigenvalue weighted by molar-refractivity contribution is 4.96. The van der Waals surface area contributed by atoms with Crippen molar-refractivity contribution in [1.82, 2.24) is 4.90 Å². The van der Waals surface area contributed by atoms with Gasteiger partial charge in [-0.2, -0.15) is 0 Å². The molecule has 0 saturated heterocycles. The molecule has 0 aliphatic rings. The van der Waals surface area contributed by atoms with Gasteiger partial charge in [-0.25, -0.2) is 0 Å². The standard InChI is InChI=1S/C50H102O13.C30H62O6.C21H44O4.C12H27N/c1-43(2,3)56-35-41(62-49(19,20)21)33-54-31-39(60-47(13,14)15)29-52-27-37(58-45(7,8)9)25-51-26-38(59-46(10,11)12)28-53-30-40(61-48(16,17)18)32-55-34-42(63-50(22,23)24)36-57-44(4,5)6;1-25(2,3)31-19-21(33-27(7,8)9)23(35-29(13,14)15)24(36-30(16,17)18)22(34-28(10,11)12)20-32-26(4,5)6;1-17(2,3)22-13-21(14-23-18(4,5)6,15-24-19(7,8)9)16-25-20(10,11)12;1-10(2,3)13(11(4,5)6)12(7,8)9/h37-42H,25-36H2,1-24H3;21-24H,19-20H2,1-18H3;13-16H2,1-12H3;1-9H3. The quantitative estimate of drug-likeness (QED) is 0.0553. The number of rotatable bonds is 49. The summed E-state index contributed by atoms with van der Waals surface area (Å²) < 4.78 is 145. The van der Waals surface area contributed by atoms with Crippen molar-refractivity contribution in [3.63, 3.8) is 0 Å². The van der Waals surface area contributed by atoms with Crippen LogP contribution >= 0.6 is 0 Å². The van der Waals surface area contributed by atoms with Crippen molar-refractivity contribution in [2.24, 2.45) is 5.41 Å². The first kappa shape index (κ1) is 142. The van der Waals surface area contributed by atoms with E-state index >= 15 is 0 Å². The highest BCUT2D eigenvalue weighted by Crippen LogP contribution is 2.37. The van der Waals surface area contributed by atoms with Gasteiger partial charge in [0.2, 0.25) is 0 Å². The topological polar surface area (TPSA) is 216 Å². The van der Waals surface area contributed by atoms with Crippen molar-refractivity contribution < 1.29 is 109 Å². The zero-order valence-corrected chi connectivity index (χ0v) is 102. The van der Waals surface area contributed by atoms with Crippen molar-refractivity contribution in [3.05, 3.63) is 0 Å². The number of hydrogen-bond acceptors (Lipinski definition) is 24. The van der Waals surface area contributed by atoms with Crippen molar-refractivity contribution in [3.8, 4) is 0 Å². The molecule has 10 unspecified atom stereocenters. The lowest BCUT2D eigenvalue weighted by molar-refractivity contribution is -0.268. The molecule has 24 nitrogen and oxygen atoms in total. The normalized spacial score (nSPS) is 16.8. The molecule has 24 heteroatoms. The Labute approximate surface area is 848 Å². The van der Waals surface area contributed by atoms with Crippen LogP contribution in [-0.2, 0) is 109 Å². The molecule has 0 aromatic rings. The molecular formula is C113H235NO23. The van der Waals surface area contributed by atoms with Gasteiger partial charge in [-0.15, -0.1) is 0 Å². The summed E-state index contributed by atoms with van der Waals surface area (Å²) in [4.78, 5) is 2.56. The summed E-state index contributed by atoms with van der Waals surface area (Å²) in [5.41, 5.74) is -5.93. The minimum atomic E-state index is -0.485. The summed E-state index contributed by atoms with van der Waals surface area (Å²) in [6, 6.07) is 0. The van der Waals surface area contributed by atoms with Gasteiger partial charge in [-0.05, 0) is 436 Å². The molecule has 0 radical (unpaired) electrons. The first-order valence-electron chi connectivity index (χ1n) is 51.5. The Morgan fingerprint density at radius 2 is 0.270 bits per heavy atom. The fraction of sp³-hybridized carbons (Fsp3) is 1.00. The van der Waals surface area contributed by atoms with Gasteiger partial charge in [-0.1, -0.05) is 0 Å². The predicted molar refractivity (Wildman–Crippen MR) is 570 cm³/mol. The highest BCUT2D eigenvalue weighted by Gasteiger charge is 2.47. The molecule has 0 spiro atoms. The van der Waals surface area contributed by atoms with E-state index in [9.17, 15) is 0 Å². The molecule has 0 aliphatic carbocycles. The highest BCUT2D eigenvalue weighted by atomic mass is 16.6. The van der Waals surface area contributed by atoms with Gasteiger partial charge in [0.05, 0.1) is 225 Å². The Kier molecular flexibility index (Phi) is 59.9. The SMILES string of the molecule is CC(C)(C)N(C(C)(C)C)C(C)(C)C.CC(C)(C)OCC(COC(C)(C)C)(COC(C)(C)C)COC(C)(C)C.CC(C)(C)OCC(COCC(COCC(COCC(COCC(COCC(COC(C)(C)C)OC(C)(C)C)OC(C)(C)C)OC(C)(C)C)OC(C)(C)C)OC(C)(C)C)OC(C)(C)C.CC(C)(C)OCC(OC(C)(C)C)C(OC(C)(C)C)C(OC(C)(C)C)C(COC(C)(C)C)OC(C)(C)C. The van der Waals surface area contributed by atoms with Crippen LogP contribution < -0.4 is 0 Å². The third kappa shape index (κ3) is 92.2. The van der Waals surface area contributed by atoms with Crippen LogP contribution in [0, 0.1) is 5.41 Å². The maximum absolute atomic E-state index is 6.78. The van der Waals surface area contributed by atoms with E-state index in [0.717, 1.165) is 0 Å². The molecule has 830 valence electrons. The lowest BCUT2D eigenvalue weighted by Crippen LogP contribution is -2.60. The van der Waals surface area contributed by atoms with E-state index in [4.69, 9.17) is 109 Å². The maximum atomic E-state index is 6.78. The second-order valence-electron chi connectivity index (χ2n) is 58.4. The lowest BCUT2D eigenvalue weighted by Gasteiger charge is -2.53. The third-order valence-electron chi connectivity index (χ3n) is 17.2. The van der Waals surface area contributed by atoms with Crippen LogP contribution in [0.25, 0.3) is 0 Å². The molecule has 0 heterocycles. The van der Waals surface area contributed by atoms with E-state index in [1.54, 1.807) is 0 Å². The summed E-state index contributed by atoms with van der Waals surface area (Å²) in [6.45, 7) is 138. The lowest BCUT2D eigenvalue weighted by atomic mass is 9.88. The minimum absolute atomic E-state index is 0.219. The molecule has 137 heavy (non-hydrogen) atoms. The Hall–Kier alpha value is -0.960. The molecule has 0 rings (SSSR count). The minimum Gasteiger partial charge on any atom is -0.376 e. The van der Waals surface area contributed by atoms with E-state index in [1.807, 2.05) is 208 Å². The molecule has 0 aliphatic heterocycles. The average molecular weight is 1980 g/mol. The van der Waals surface area contributed by atoms with Crippen LogP contribution in [0.3, 0.4) is 0 Å². The van der Waals surface area contributed by atoms with Gasteiger partial charge >= 0.3 is 0 Å². The molecule has 10 atom stereocenters. The average Bonchev–Trinajstić information content (AvgIpc) is 0.802. The Bertz CT molecular complexity index is 2810. The molecule has 0 fully saturated rings. The van der Waals surface area contributed by atoms with E-state index in [-0.39, 0.29) is 115 Å². The third-order valence-corrected chi connectivity index (χ3v) is 17.2. The number of hydrogen-bond donors (Lipinski definition) is 0. The zero-order chi connectivity index (χ0) is 109. The van der Waals surface area contributed by atoms with Crippen molar-refractivity contribution >= 4 is 0 Å². The van der Waals surface area contributed by atoms with E-state index < -0.39 is 69.2 Å². The van der Waals surface area contributed by atoms with Gasteiger partial charge in [0.1, 0.15) is 61.0 Å². The monoisotopic (exact) mass is 1970 g/mol. The maximum Gasteiger partial charge on any atom is 0.115 e. The zero-order valence-electron chi connectivity index (χ0n) is 102. The van der Waals surface area contributed by atoms with E-state index in [1.165, 1.54) is 0 Å². The van der Waals surface area contributed by atoms with Crippen LogP contribution in [0.5, 0.6) is 0 Å². The summed E-state index contributed by atoms with van der Waals surface area (Å²) in [7, 11) is 0. The molecule has 0 amide bonds. The van der Waals surface area contributed by atoms with Crippen LogP contribution in [0.1, 0.15) is 436 Å². The number of nitrogens with zero attached hydrogens (tertiary/aromatic N) is 1. The summed E-state index contributed by atoms with van der Waals surface area (Å²) in [5.74, 6) is 0. The summed E-state index contributed by atoms with van der Waals surface area (Å²) in [5, 5.41) is 0. The van der Waals surface area contributed by atoms with Crippen molar-refractivity contribution in [2.75, 3.05) is 119 Å². The summed E-state index contributed by atoms with van der Waals surface area (Å²) >= 11 is 0. The largest absolute Gasteiger partial charge is 0.376 e. The van der Waals surface area contributed by atoms with E-state index in [0.29, 0.717) is 119 Å².